The normalized spacial score (nSPS) is 25.0. The molecule has 2 heterocycles. The van der Waals surface area contributed by atoms with Crippen molar-refractivity contribution in [3.8, 4) is 0 Å². The van der Waals surface area contributed by atoms with E-state index in [0.29, 0.717) is 26.2 Å². The number of hydrogen-bond donors (Lipinski definition) is 1. The van der Waals surface area contributed by atoms with Gasteiger partial charge in [-0.3, -0.25) is 4.79 Å². The number of piperazine rings is 1. The molecule has 2 aliphatic heterocycles. The van der Waals surface area contributed by atoms with Crippen LogP contribution < -0.4 is 5.32 Å². The van der Waals surface area contributed by atoms with Crippen molar-refractivity contribution in [1.29, 1.82) is 0 Å². The molecule has 3 aliphatic rings. The van der Waals surface area contributed by atoms with Gasteiger partial charge in [-0.2, -0.15) is 4.31 Å². The number of rotatable bonds is 4. The van der Waals surface area contributed by atoms with Crippen LogP contribution in [0, 0.1) is 11.3 Å². The van der Waals surface area contributed by atoms with Crippen molar-refractivity contribution in [3.05, 3.63) is 35.9 Å². The standard InChI is InChI=1S/C19H27N3O3S.ClH/c23-18(17-14-19(17)6-8-20-9-7-19)21-10-12-22(13-11-21)26(24,25)15-16-4-2-1-3-5-16;/h1-5,17,20H,6-15H2;1H. The Labute approximate surface area is 167 Å². The van der Waals surface area contributed by atoms with Gasteiger partial charge in [0, 0.05) is 32.1 Å². The van der Waals surface area contributed by atoms with Crippen molar-refractivity contribution in [3.63, 3.8) is 0 Å². The Morgan fingerprint density at radius 1 is 1.07 bits per heavy atom. The van der Waals surface area contributed by atoms with Gasteiger partial charge in [-0.1, -0.05) is 30.3 Å². The maximum Gasteiger partial charge on any atom is 0.226 e. The summed E-state index contributed by atoms with van der Waals surface area (Å²) in [6, 6.07) is 9.26. The Morgan fingerprint density at radius 3 is 2.33 bits per heavy atom. The van der Waals surface area contributed by atoms with E-state index in [-0.39, 0.29) is 35.4 Å². The number of benzene rings is 1. The van der Waals surface area contributed by atoms with Crippen LogP contribution in [0.2, 0.25) is 0 Å². The van der Waals surface area contributed by atoms with Crippen molar-refractivity contribution in [2.24, 2.45) is 11.3 Å². The van der Waals surface area contributed by atoms with E-state index in [4.69, 9.17) is 0 Å². The Bertz CT molecular complexity index is 758. The predicted molar refractivity (Wildman–Crippen MR) is 107 cm³/mol. The third-order valence-electron chi connectivity index (χ3n) is 6.22. The van der Waals surface area contributed by atoms with Gasteiger partial charge in [0.2, 0.25) is 15.9 Å². The summed E-state index contributed by atoms with van der Waals surface area (Å²) in [5.74, 6) is 0.435. The third-order valence-corrected chi connectivity index (χ3v) is 8.07. The second-order valence-corrected chi connectivity index (χ2v) is 9.80. The molecule has 1 unspecified atom stereocenters. The largest absolute Gasteiger partial charge is 0.340 e. The van der Waals surface area contributed by atoms with Crippen molar-refractivity contribution < 1.29 is 13.2 Å². The lowest BCUT2D eigenvalue weighted by Crippen LogP contribution is -2.51. The number of halogens is 1. The molecule has 1 saturated carbocycles. The van der Waals surface area contributed by atoms with E-state index in [1.54, 1.807) is 0 Å². The minimum absolute atomic E-state index is 0. The first-order valence-electron chi connectivity index (χ1n) is 9.51. The fourth-order valence-electron chi connectivity index (χ4n) is 4.46. The van der Waals surface area contributed by atoms with Gasteiger partial charge in [0.05, 0.1) is 5.75 Å². The van der Waals surface area contributed by atoms with E-state index < -0.39 is 10.0 Å². The van der Waals surface area contributed by atoms with Gasteiger partial charge in [-0.05, 0) is 43.3 Å². The van der Waals surface area contributed by atoms with Crippen molar-refractivity contribution in [2.45, 2.75) is 25.0 Å². The van der Waals surface area contributed by atoms with E-state index in [2.05, 4.69) is 5.32 Å². The summed E-state index contributed by atoms with van der Waals surface area (Å²) < 4.78 is 26.8. The van der Waals surface area contributed by atoms with Gasteiger partial charge >= 0.3 is 0 Å². The molecular formula is C19H28ClN3O3S. The first-order valence-corrected chi connectivity index (χ1v) is 11.1. The summed E-state index contributed by atoms with van der Waals surface area (Å²) in [5.41, 5.74) is 1.04. The summed E-state index contributed by atoms with van der Waals surface area (Å²) >= 11 is 0. The van der Waals surface area contributed by atoms with Gasteiger partial charge in [0.25, 0.3) is 0 Å². The maximum atomic E-state index is 12.8. The highest BCUT2D eigenvalue weighted by Crippen LogP contribution is 2.59. The lowest BCUT2D eigenvalue weighted by molar-refractivity contribution is -0.134. The second kappa shape index (κ2) is 8.07. The minimum Gasteiger partial charge on any atom is -0.340 e. The molecule has 1 atom stereocenters. The Hall–Kier alpha value is -1.15. The Kier molecular flexibility index (Phi) is 6.15. The molecule has 0 radical (unpaired) electrons. The van der Waals surface area contributed by atoms with Crippen LogP contribution in [0.5, 0.6) is 0 Å². The fraction of sp³-hybridized carbons (Fsp3) is 0.632. The molecule has 4 rings (SSSR count). The third kappa shape index (κ3) is 4.31. The van der Waals surface area contributed by atoms with E-state index in [1.165, 1.54) is 4.31 Å². The molecule has 150 valence electrons. The molecule has 1 aromatic carbocycles. The van der Waals surface area contributed by atoms with Crippen LogP contribution in [0.25, 0.3) is 0 Å². The zero-order chi connectivity index (χ0) is 18.2. The molecule has 1 amide bonds. The van der Waals surface area contributed by atoms with Gasteiger partial charge in [0.15, 0.2) is 0 Å². The van der Waals surface area contributed by atoms with Crippen molar-refractivity contribution >= 4 is 28.3 Å². The number of carbonyl (C=O) groups excluding carboxylic acids is 1. The van der Waals surface area contributed by atoms with Crippen molar-refractivity contribution in [1.82, 2.24) is 14.5 Å². The zero-order valence-electron chi connectivity index (χ0n) is 15.5. The minimum atomic E-state index is -3.33. The molecule has 8 heteroatoms. The smallest absolute Gasteiger partial charge is 0.226 e. The Balaban J connectivity index is 0.00000210. The number of piperidine rings is 1. The molecular weight excluding hydrogens is 386 g/mol. The summed E-state index contributed by atoms with van der Waals surface area (Å²) in [4.78, 5) is 14.7. The van der Waals surface area contributed by atoms with Gasteiger partial charge in [0.1, 0.15) is 0 Å². The fourth-order valence-corrected chi connectivity index (χ4v) is 5.97. The highest BCUT2D eigenvalue weighted by atomic mass is 35.5. The summed E-state index contributed by atoms with van der Waals surface area (Å²) in [5, 5.41) is 3.36. The predicted octanol–water partition coefficient (Wildman–Crippen LogP) is 1.47. The van der Waals surface area contributed by atoms with Crippen molar-refractivity contribution in [2.75, 3.05) is 39.3 Å². The maximum absolute atomic E-state index is 12.8. The molecule has 1 aliphatic carbocycles. The van der Waals surface area contributed by atoms with Crippen LogP contribution in [-0.4, -0.2) is 62.8 Å². The summed E-state index contributed by atoms with van der Waals surface area (Å²) in [7, 11) is -3.33. The molecule has 2 saturated heterocycles. The van der Waals surface area contributed by atoms with E-state index in [1.807, 2.05) is 35.2 Å². The molecule has 1 N–H and O–H groups in total. The molecule has 6 nitrogen and oxygen atoms in total. The molecule has 0 aromatic heterocycles. The zero-order valence-corrected chi connectivity index (χ0v) is 17.1. The van der Waals surface area contributed by atoms with Crippen LogP contribution in [0.1, 0.15) is 24.8 Å². The van der Waals surface area contributed by atoms with Gasteiger partial charge < -0.3 is 10.2 Å². The topological polar surface area (TPSA) is 69.7 Å². The van der Waals surface area contributed by atoms with E-state index in [0.717, 1.165) is 37.9 Å². The number of nitrogens with zero attached hydrogens (tertiary/aromatic N) is 2. The van der Waals surface area contributed by atoms with Crippen LogP contribution in [0.15, 0.2) is 30.3 Å². The molecule has 3 fully saturated rings. The number of carbonyl (C=O) groups is 1. The average molecular weight is 414 g/mol. The highest BCUT2D eigenvalue weighted by molar-refractivity contribution is 7.88. The van der Waals surface area contributed by atoms with E-state index >= 15 is 0 Å². The molecule has 27 heavy (non-hydrogen) atoms. The van der Waals surface area contributed by atoms with Crippen LogP contribution in [0.4, 0.5) is 0 Å². The van der Waals surface area contributed by atoms with Crippen LogP contribution in [-0.2, 0) is 20.6 Å². The molecule has 1 aromatic rings. The second-order valence-electron chi connectivity index (χ2n) is 7.84. The summed E-state index contributed by atoms with van der Waals surface area (Å²) in [6.07, 6.45) is 3.20. The first kappa shape index (κ1) is 20.6. The SMILES string of the molecule is Cl.O=C(C1CC12CCNCC2)N1CCN(S(=O)(=O)Cc2ccccc2)CC1. The Morgan fingerprint density at radius 2 is 1.70 bits per heavy atom. The molecule has 0 bridgehead atoms. The number of nitrogens with one attached hydrogen (secondary N) is 1. The number of amides is 1. The first-order chi connectivity index (χ1) is 12.5. The lowest BCUT2D eigenvalue weighted by Gasteiger charge is -2.35. The van der Waals surface area contributed by atoms with Crippen LogP contribution >= 0.6 is 12.4 Å². The average Bonchev–Trinajstić information content (AvgIpc) is 3.35. The highest BCUT2D eigenvalue weighted by Gasteiger charge is 2.58. The quantitative estimate of drug-likeness (QED) is 0.811. The van der Waals surface area contributed by atoms with Crippen LogP contribution in [0.3, 0.4) is 0 Å². The van der Waals surface area contributed by atoms with E-state index in [9.17, 15) is 13.2 Å². The number of sulfonamides is 1. The van der Waals surface area contributed by atoms with Gasteiger partial charge in [-0.15, -0.1) is 12.4 Å². The number of hydrogen-bond acceptors (Lipinski definition) is 4. The van der Waals surface area contributed by atoms with Gasteiger partial charge in [-0.25, -0.2) is 8.42 Å². The monoisotopic (exact) mass is 413 g/mol. The summed E-state index contributed by atoms with van der Waals surface area (Å²) in [6.45, 7) is 3.85. The molecule has 1 spiro atoms. The lowest BCUT2D eigenvalue weighted by atomic mass is 9.91.